The van der Waals surface area contributed by atoms with Crippen LogP contribution in [0.1, 0.15) is 33.1 Å². The van der Waals surface area contributed by atoms with E-state index in [2.05, 4.69) is 20.0 Å². The molecule has 198 valence electrons. The molecule has 13 heteroatoms. The van der Waals surface area contributed by atoms with E-state index in [0.717, 1.165) is 18.6 Å². The van der Waals surface area contributed by atoms with Crippen LogP contribution in [0.2, 0.25) is 5.02 Å². The van der Waals surface area contributed by atoms with Gasteiger partial charge in [-0.2, -0.15) is 0 Å². The Morgan fingerprint density at radius 2 is 1.76 bits per heavy atom. The summed E-state index contributed by atoms with van der Waals surface area (Å²) in [6.07, 6.45) is 3.89. The Labute approximate surface area is 226 Å². The highest BCUT2D eigenvalue weighted by molar-refractivity contribution is 7.92. The Bertz CT molecular complexity index is 1630. The number of anilines is 2. The molecule has 0 aliphatic heterocycles. The van der Waals surface area contributed by atoms with E-state index in [0.29, 0.717) is 26.6 Å². The normalized spacial score (nSPS) is 12.2. The van der Waals surface area contributed by atoms with E-state index < -0.39 is 33.7 Å². The van der Waals surface area contributed by atoms with Crippen LogP contribution in [0.3, 0.4) is 0 Å². The maximum atomic E-state index is 14.1. The summed E-state index contributed by atoms with van der Waals surface area (Å²) in [4.78, 5) is 22.0. The van der Waals surface area contributed by atoms with Crippen LogP contribution in [0.5, 0.6) is 5.75 Å². The summed E-state index contributed by atoms with van der Waals surface area (Å²) >= 11 is 7.26. The summed E-state index contributed by atoms with van der Waals surface area (Å²) in [5, 5.41) is 2.92. The number of sulfonamides is 1. The number of aromatic nitrogens is 2. The molecular weight excluding hydrogens is 558 g/mol. The molecule has 4 rings (SSSR count). The molecule has 38 heavy (non-hydrogen) atoms. The first-order valence-electron chi connectivity index (χ1n) is 11.0. The van der Waals surface area contributed by atoms with E-state index >= 15 is 0 Å². The molecule has 1 amide bonds. The fourth-order valence-electron chi connectivity index (χ4n) is 3.58. The lowest BCUT2D eigenvalue weighted by Gasteiger charge is -2.17. The number of amides is 1. The van der Waals surface area contributed by atoms with Crippen molar-refractivity contribution in [1.82, 2.24) is 9.97 Å². The Balaban J connectivity index is 1.61. The van der Waals surface area contributed by atoms with E-state index in [1.165, 1.54) is 47.9 Å². The van der Waals surface area contributed by atoms with E-state index in [4.69, 9.17) is 16.3 Å². The maximum Gasteiger partial charge on any atom is 0.265 e. The second-order valence-corrected chi connectivity index (χ2v) is 11.8. The number of carbonyl (C=O) groups excluding carboxylic acids is 1. The van der Waals surface area contributed by atoms with Crippen molar-refractivity contribution in [3.8, 4) is 17.0 Å². The van der Waals surface area contributed by atoms with Gasteiger partial charge in [0.25, 0.3) is 5.91 Å². The Morgan fingerprint density at radius 1 is 1.05 bits per heavy atom. The molecule has 0 unspecified atom stereocenters. The molecule has 0 aliphatic carbocycles. The number of carbonyl (C=O) groups is 1. The van der Waals surface area contributed by atoms with Crippen molar-refractivity contribution >= 4 is 50.2 Å². The first kappa shape index (κ1) is 27.4. The predicted molar refractivity (Wildman–Crippen MR) is 143 cm³/mol. The van der Waals surface area contributed by atoms with Crippen LogP contribution in [0.25, 0.3) is 11.3 Å². The van der Waals surface area contributed by atoms with Gasteiger partial charge >= 0.3 is 0 Å². The summed E-state index contributed by atoms with van der Waals surface area (Å²) in [6, 6.07) is 8.36. The van der Waals surface area contributed by atoms with Crippen molar-refractivity contribution < 1.29 is 26.7 Å². The highest BCUT2D eigenvalue weighted by Gasteiger charge is 2.21. The summed E-state index contributed by atoms with van der Waals surface area (Å²) in [7, 11) is -3.55. The zero-order valence-corrected chi connectivity index (χ0v) is 22.6. The van der Waals surface area contributed by atoms with Crippen LogP contribution >= 0.6 is 22.9 Å². The van der Waals surface area contributed by atoms with Crippen molar-refractivity contribution in [3.05, 3.63) is 87.0 Å². The molecule has 1 aromatic carbocycles. The molecule has 3 aromatic heterocycles. The predicted octanol–water partition coefficient (Wildman–Crippen LogP) is 6.21. The van der Waals surface area contributed by atoms with Gasteiger partial charge in [-0.25, -0.2) is 22.2 Å². The monoisotopic (exact) mass is 578 g/mol. The number of nitrogens with one attached hydrogen (secondary N) is 2. The van der Waals surface area contributed by atoms with Gasteiger partial charge in [0, 0.05) is 39.0 Å². The second-order valence-electron chi connectivity index (χ2n) is 8.33. The summed E-state index contributed by atoms with van der Waals surface area (Å²) in [6.45, 7) is 3.45. The SMILES string of the molecule is Cc1sc(C(=O)Nc2cc(Cl)cc(NS(C)(=O)=O)c2)cc1-c1ncc(F)cc1O[C@H](C)c1cncc(F)c1. The molecule has 0 saturated heterocycles. The molecule has 0 spiro atoms. The minimum Gasteiger partial charge on any atom is -0.484 e. The molecule has 0 aliphatic rings. The number of hydrogen-bond donors (Lipinski definition) is 2. The smallest absolute Gasteiger partial charge is 0.265 e. The molecule has 0 bridgehead atoms. The Hall–Kier alpha value is -3.61. The minimum atomic E-state index is -3.55. The van der Waals surface area contributed by atoms with Gasteiger partial charge in [-0.3, -0.25) is 14.5 Å². The number of benzene rings is 1. The number of rotatable bonds is 8. The van der Waals surface area contributed by atoms with Crippen molar-refractivity contribution in [2.45, 2.75) is 20.0 Å². The average molecular weight is 579 g/mol. The van der Waals surface area contributed by atoms with E-state index in [-0.39, 0.29) is 22.1 Å². The Morgan fingerprint density at radius 3 is 2.47 bits per heavy atom. The zero-order valence-electron chi connectivity index (χ0n) is 20.3. The van der Waals surface area contributed by atoms with Crippen LogP contribution in [0.4, 0.5) is 20.2 Å². The standard InChI is InChI=1S/C25H21ClF2N4O4S2/c1-13(15-4-17(27)11-29-10-15)36-22-7-18(28)12-30-24(22)21-9-23(37-14(21)2)25(33)31-19-5-16(26)6-20(8-19)32-38(3,34)35/h4-13,32H,1-3H3,(H,31,33)/t13-/m1/s1. The molecule has 0 fully saturated rings. The van der Waals surface area contributed by atoms with Gasteiger partial charge in [0.05, 0.1) is 29.2 Å². The average Bonchev–Trinajstić information content (AvgIpc) is 3.19. The van der Waals surface area contributed by atoms with Crippen molar-refractivity contribution in [2.24, 2.45) is 0 Å². The van der Waals surface area contributed by atoms with Crippen LogP contribution in [-0.2, 0) is 10.0 Å². The Kier molecular flexibility index (Phi) is 7.95. The van der Waals surface area contributed by atoms with Crippen molar-refractivity contribution in [1.29, 1.82) is 0 Å². The first-order valence-corrected chi connectivity index (χ1v) is 14.1. The summed E-state index contributed by atoms with van der Waals surface area (Å²) in [5.41, 5.74) is 1.78. The molecule has 1 atom stereocenters. The number of pyridine rings is 2. The second kappa shape index (κ2) is 11.0. The maximum absolute atomic E-state index is 14.1. The van der Waals surface area contributed by atoms with Crippen molar-refractivity contribution in [3.63, 3.8) is 0 Å². The van der Waals surface area contributed by atoms with E-state index in [9.17, 15) is 22.0 Å². The number of halogens is 3. The zero-order chi connectivity index (χ0) is 27.6. The van der Waals surface area contributed by atoms with Gasteiger partial charge in [-0.05, 0) is 44.2 Å². The molecule has 2 N–H and O–H groups in total. The number of hydrogen-bond acceptors (Lipinski definition) is 7. The number of thiophene rings is 1. The lowest BCUT2D eigenvalue weighted by molar-refractivity contribution is 0.103. The third kappa shape index (κ3) is 6.82. The quantitative estimate of drug-likeness (QED) is 0.257. The van der Waals surface area contributed by atoms with E-state index in [1.54, 1.807) is 19.9 Å². The molecule has 8 nitrogen and oxygen atoms in total. The lowest BCUT2D eigenvalue weighted by Crippen LogP contribution is -2.12. The number of aryl methyl sites for hydroxylation is 1. The fraction of sp³-hybridized carbons (Fsp3) is 0.160. The van der Waals surface area contributed by atoms with Crippen LogP contribution in [-0.4, -0.2) is 30.5 Å². The number of ether oxygens (including phenoxy) is 1. The molecule has 4 aromatic rings. The van der Waals surface area contributed by atoms with Crippen LogP contribution in [0.15, 0.2) is 55.0 Å². The summed E-state index contributed by atoms with van der Waals surface area (Å²) < 4.78 is 59.1. The van der Waals surface area contributed by atoms with Gasteiger partial charge in [-0.1, -0.05) is 11.6 Å². The molecule has 0 saturated carbocycles. The molecule has 3 heterocycles. The van der Waals surface area contributed by atoms with Gasteiger partial charge in [0.15, 0.2) is 0 Å². The fourth-order valence-corrected chi connectivity index (χ4v) is 5.28. The summed E-state index contributed by atoms with van der Waals surface area (Å²) in [5.74, 6) is -1.51. The van der Waals surface area contributed by atoms with Crippen molar-refractivity contribution in [2.75, 3.05) is 16.3 Å². The third-order valence-corrected chi connectivity index (χ3v) is 7.05. The molecule has 0 radical (unpaired) electrons. The first-order chi connectivity index (χ1) is 17.9. The lowest BCUT2D eigenvalue weighted by atomic mass is 10.1. The van der Waals surface area contributed by atoms with Gasteiger partial charge in [-0.15, -0.1) is 11.3 Å². The number of nitrogens with zero attached hydrogens (tertiary/aromatic N) is 2. The van der Waals surface area contributed by atoms with E-state index in [1.807, 2.05) is 0 Å². The highest BCUT2D eigenvalue weighted by Crippen LogP contribution is 2.37. The third-order valence-electron chi connectivity index (χ3n) is 5.17. The van der Waals surface area contributed by atoms with Crippen LogP contribution < -0.4 is 14.8 Å². The van der Waals surface area contributed by atoms with Gasteiger partial charge < -0.3 is 10.1 Å². The minimum absolute atomic E-state index is 0.112. The largest absolute Gasteiger partial charge is 0.484 e. The van der Waals surface area contributed by atoms with Gasteiger partial charge in [0.1, 0.15) is 29.2 Å². The topological polar surface area (TPSA) is 110 Å². The van der Waals surface area contributed by atoms with Gasteiger partial charge in [0.2, 0.25) is 10.0 Å². The molecular formula is C25H21ClF2N4O4S2. The highest BCUT2D eigenvalue weighted by atomic mass is 35.5. The van der Waals surface area contributed by atoms with Crippen LogP contribution in [0, 0.1) is 18.6 Å².